The molecule has 4 nitrogen and oxygen atoms in total. The number of para-hydroxylation sites is 1. The smallest absolute Gasteiger partial charge is 0.262 e. The third kappa shape index (κ3) is 3.66. The molecule has 0 unspecified atom stereocenters. The van der Waals surface area contributed by atoms with E-state index in [-0.39, 0.29) is 17.5 Å². The second kappa shape index (κ2) is 7.40. The fraction of sp³-hybridized carbons (Fsp3) is 0.333. The molecule has 128 valence electrons. The summed E-state index contributed by atoms with van der Waals surface area (Å²) in [4.78, 5) is 12.4. The lowest BCUT2D eigenvalue weighted by Gasteiger charge is -2.11. The highest BCUT2D eigenvalue weighted by Gasteiger charge is 2.20. The number of benzene rings is 1. The second-order valence-electron chi connectivity index (χ2n) is 6.62. The summed E-state index contributed by atoms with van der Waals surface area (Å²) < 4.78 is 2.13. The number of carbonyl (C=O) groups is 1. The molecule has 1 N–H and O–H groups in total. The van der Waals surface area contributed by atoms with Crippen LogP contribution in [0, 0.1) is 25.2 Å². The Morgan fingerprint density at radius 2 is 1.92 bits per heavy atom. The third-order valence-corrected chi connectivity index (χ3v) is 4.84. The Morgan fingerprint density at radius 1 is 1.24 bits per heavy atom. The lowest BCUT2D eigenvalue weighted by molar-refractivity contribution is -0.117. The van der Waals surface area contributed by atoms with Crippen LogP contribution in [0.15, 0.2) is 42.0 Å². The van der Waals surface area contributed by atoms with Crippen LogP contribution in [0.3, 0.4) is 0 Å². The summed E-state index contributed by atoms with van der Waals surface area (Å²) in [7, 11) is 0. The Balaban J connectivity index is 1.89. The Kier molecular flexibility index (Phi) is 5.04. The van der Waals surface area contributed by atoms with E-state index in [4.69, 9.17) is 0 Å². The van der Waals surface area contributed by atoms with Gasteiger partial charge in [0.1, 0.15) is 11.6 Å². The van der Waals surface area contributed by atoms with Gasteiger partial charge in [-0.05, 0) is 56.5 Å². The molecule has 4 heteroatoms. The fourth-order valence-corrected chi connectivity index (χ4v) is 3.55. The quantitative estimate of drug-likeness (QED) is 0.677. The zero-order valence-corrected chi connectivity index (χ0v) is 14.7. The fourth-order valence-electron chi connectivity index (χ4n) is 3.55. The molecule has 0 radical (unpaired) electrons. The molecule has 1 aliphatic carbocycles. The van der Waals surface area contributed by atoms with Crippen LogP contribution in [0.5, 0.6) is 0 Å². The molecule has 1 amide bonds. The van der Waals surface area contributed by atoms with Gasteiger partial charge in [0.05, 0.1) is 0 Å². The van der Waals surface area contributed by atoms with E-state index >= 15 is 0 Å². The molecule has 1 aliphatic rings. The van der Waals surface area contributed by atoms with E-state index in [0.717, 1.165) is 48.3 Å². The number of aryl methyl sites for hydroxylation is 1. The van der Waals surface area contributed by atoms with Crippen molar-refractivity contribution < 1.29 is 4.79 Å². The number of hydrogen-bond acceptors (Lipinski definition) is 2. The first-order valence-electron chi connectivity index (χ1n) is 8.77. The maximum absolute atomic E-state index is 12.4. The molecule has 1 fully saturated rings. The highest BCUT2D eigenvalue weighted by molar-refractivity contribution is 6.02. The summed E-state index contributed by atoms with van der Waals surface area (Å²) in [6.45, 7) is 4.04. The van der Waals surface area contributed by atoms with Gasteiger partial charge in [0.25, 0.3) is 5.91 Å². The van der Waals surface area contributed by atoms with Crippen LogP contribution in [-0.4, -0.2) is 16.5 Å². The van der Waals surface area contributed by atoms with Crippen molar-refractivity contribution in [3.63, 3.8) is 0 Å². The molecular formula is C21H23N3O. The van der Waals surface area contributed by atoms with Crippen molar-refractivity contribution in [3.05, 3.63) is 58.9 Å². The Hall–Kier alpha value is -2.80. The van der Waals surface area contributed by atoms with E-state index in [1.807, 2.05) is 50.2 Å². The molecule has 3 rings (SSSR count). The molecule has 1 heterocycles. The summed E-state index contributed by atoms with van der Waals surface area (Å²) >= 11 is 0. The Morgan fingerprint density at radius 3 is 2.56 bits per heavy atom. The van der Waals surface area contributed by atoms with E-state index in [9.17, 15) is 10.1 Å². The normalized spacial score (nSPS) is 15.2. The second-order valence-corrected chi connectivity index (χ2v) is 6.62. The van der Waals surface area contributed by atoms with Gasteiger partial charge in [0.2, 0.25) is 0 Å². The van der Waals surface area contributed by atoms with Crippen LogP contribution < -0.4 is 5.32 Å². The van der Waals surface area contributed by atoms with Crippen molar-refractivity contribution in [3.8, 4) is 11.8 Å². The van der Waals surface area contributed by atoms with Gasteiger partial charge in [-0.2, -0.15) is 5.26 Å². The molecule has 1 aromatic carbocycles. The molecule has 25 heavy (non-hydrogen) atoms. The summed E-state index contributed by atoms with van der Waals surface area (Å²) in [6.07, 6.45) is 6.01. The van der Waals surface area contributed by atoms with Crippen molar-refractivity contribution in [2.75, 3.05) is 0 Å². The summed E-state index contributed by atoms with van der Waals surface area (Å²) in [6, 6.07) is 14.4. The van der Waals surface area contributed by atoms with Crippen molar-refractivity contribution in [2.45, 2.75) is 45.6 Å². The molecular weight excluding hydrogens is 310 g/mol. The van der Waals surface area contributed by atoms with Crippen LogP contribution in [0.25, 0.3) is 11.8 Å². The van der Waals surface area contributed by atoms with Crippen molar-refractivity contribution in [2.24, 2.45) is 0 Å². The van der Waals surface area contributed by atoms with Crippen LogP contribution in [0.4, 0.5) is 0 Å². The number of nitrogens with zero attached hydrogens (tertiary/aromatic N) is 2. The summed E-state index contributed by atoms with van der Waals surface area (Å²) in [5.74, 6) is -0.265. The van der Waals surface area contributed by atoms with E-state index in [2.05, 4.69) is 16.0 Å². The van der Waals surface area contributed by atoms with Crippen LogP contribution in [-0.2, 0) is 4.79 Å². The van der Waals surface area contributed by atoms with Crippen molar-refractivity contribution >= 4 is 12.0 Å². The monoisotopic (exact) mass is 333 g/mol. The molecule has 0 atom stereocenters. The average Bonchev–Trinajstić information content (AvgIpc) is 3.21. The number of carbonyl (C=O) groups excluding carboxylic acids is 1. The Labute approximate surface area is 148 Å². The average molecular weight is 333 g/mol. The zero-order valence-electron chi connectivity index (χ0n) is 14.7. The van der Waals surface area contributed by atoms with E-state index in [0.29, 0.717) is 0 Å². The maximum Gasteiger partial charge on any atom is 0.262 e. The highest BCUT2D eigenvalue weighted by Crippen LogP contribution is 2.23. The predicted molar refractivity (Wildman–Crippen MR) is 99.2 cm³/mol. The number of amides is 1. The van der Waals surface area contributed by atoms with Gasteiger partial charge >= 0.3 is 0 Å². The number of aromatic nitrogens is 1. The third-order valence-electron chi connectivity index (χ3n) is 4.84. The standard InChI is InChI=1S/C21H23N3O/c1-15-12-17(16(2)24(15)20-10-4-3-5-11-20)13-18(14-22)21(25)23-19-8-6-7-9-19/h3-5,10-13,19H,6-9H2,1-2H3,(H,23,25)/b18-13+. The first kappa shape index (κ1) is 17.0. The topological polar surface area (TPSA) is 57.8 Å². The van der Waals surface area contributed by atoms with Gasteiger partial charge < -0.3 is 9.88 Å². The lowest BCUT2D eigenvalue weighted by Crippen LogP contribution is -2.33. The lowest BCUT2D eigenvalue weighted by atomic mass is 10.1. The predicted octanol–water partition coefficient (Wildman–Crippen LogP) is 4.06. The first-order chi connectivity index (χ1) is 12.1. The van der Waals surface area contributed by atoms with Crippen LogP contribution in [0.1, 0.15) is 42.6 Å². The SMILES string of the molecule is Cc1cc(/C=C(\C#N)C(=O)NC2CCCC2)c(C)n1-c1ccccc1. The van der Waals surface area contributed by atoms with Gasteiger partial charge in [0, 0.05) is 23.1 Å². The first-order valence-corrected chi connectivity index (χ1v) is 8.77. The minimum absolute atomic E-state index is 0.167. The van der Waals surface area contributed by atoms with Gasteiger partial charge in [-0.25, -0.2) is 0 Å². The van der Waals surface area contributed by atoms with Gasteiger partial charge in [0.15, 0.2) is 0 Å². The van der Waals surface area contributed by atoms with E-state index in [1.54, 1.807) is 6.08 Å². The molecule has 0 saturated heterocycles. The maximum atomic E-state index is 12.4. The van der Waals surface area contributed by atoms with Gasteiger partial charge in [-0.15, -0.1) is 0 Å². The number of rotatable bonds is 4. The van der Waals surface area contributed by atoms with Crippen molar-refractivity contribution in [1.29, 1.82) is 5.26 Å². The van der Waals surface area contributed by atoms with Crippen molar-refractivity contribution in [1.82, 2.24) is 9.88 Å². The molecule has 0 spiro atoms. The molecule has 1 aromatic heterocycles. The number of nitrogens with one attached hydrogen (secondary N) is 1. The molecule has 2 aromatic rings. The van der Waals surface area contributed by atoms with Crippen LogP contribution >= 0.6 is 0 Å². The summed E-state index contributed by atoms with van der Waals surface area (Å²) in [5, 5.41) is 12.4. The Bertz CT molecular complexity index is 834. The minimum atomic E-state index is -0.265. The van der Waals surface area contributed by atoms with E-state index in [1.165, 1.54) is 0 Å². The van der Waals surface area contributed by atoms with Gasteiger partial charge in [-0.1, -0.05) is 31.0 Å². The van der Waals surface area contributed by atoms with Gasteiger partial charge in [-0.3, -0.25) is 4.79 Å². The number of nitriles is 1. The summed E-state index contributed by atoms with van der Waals surface area (Å²) in [5.41, 5.74) is 4.24. The minimum Gasteiger partial charge on any atom is -0.349 e. The molecule has 1 saturated carbocycles. The van der Waals surface area contributed by atoms with E-state index < -0.39 is 0 Å². The zero-order chi connectivity index (χ0) is 17.8. The number of hydrogen-bond donors (Lipinski definition) is 1. The molecule has 0 aliphatic heterocycles. The molecule has 0 bridgehead atoms. The largest absolute Gasteiger partial charge is 0.349 e. The van der Waals surface area contributed by atoms with Crippen LogP contribution in [0.2, 0.25) is 0 Å². The highest BCUT2D eigenvalue weighted by atomic mass is 16.1.